The number of aliphatic carboxylic acids is 1. The van der Waals surface area contributed by atoms with Crippen LogP contribution in [-0.4, -0.2) is 56.3 Å². The first kappa shape index (κ1) is 16.8. The standard InChI is InChI=1S/C10H17N5O6/c1-4(17)7(11)8-15-14-6(21-8)2-12-10(20)13-5(3-16)9(18)19/h4-5,7,16-17H,2-3,11H2,1H3,(H,18,19)(H2,12,13,20)/t4?,5-,7?/m0/s1. The predicted molar refractivity (Wildman–Crippen MR) is 66.8 cm³/mol. The molecule has 21 heavy (non-hydrogen) atoms. The highest BCUT2D eigenvalue weighted by Gasteiger charge is 2.21. The molecule has 1 rings (SSSR count). The molecule has 0 radical (unpaired) electrons. The Morgan fingerprint density at radius 2 is 2.10 bits per heavy atom. The van der Waals surface area contributed by atoms with Crippen LogP contribution in [0.25, 0.3) is 0 Å². The highest BCUT2D eigenvalue weighted by molar-refractivity contribution is 5.82. The van der Waals surface area contributed by atoms with E-state index < -0.39 is 36.8 Å². The molecule has 1 aromatic heterocycles. The second-order valence-corrected chi connectivity index (χ2v) is 4.20. The van der Waals surface area contributed by atoms with Crippen molar-refractivity contribution < 1.29 is 29.3 Å². The Balaban J connectivity index is 2.48. The van der Waals surface area contributed by atoms with Crippen molar-refractivity contribution in [1.29, 1.82) is 0 Å². The van der Waals surface area contributed by atoms with Crippen LogP contribution in [0.15, 0.2) is 4.42 Å². The molecular formula is C10H17N5O6. The van der Waals surface area contributed by atoms with Crippen LogP contribution in [0.3, 0.4) is 0 Å². The third-order valence-corrected chi connectivity index (χ3v) is 2.47. The monoisotopic (exact) mass is 303 g/mol. The maximum atomic E-state index is 11.4. The number of hydrogen-bond acceptors (Lipinski definition) is 8. The number of nitrogens with one attached hydrogen (secondary N) is 2. The van der Waals surface area contributed by atoms with Crippen molar-refractivity contribution in [3.05, 3.63) is 11.8 Å². The summed E-state index contributed by atoms with van der Waals surface area (Å²) in [5, 5.41) is 38.2. The molecule has 0 bridgehead atoms. The van der Waals surface area contributed by atoms with Gasteiger partial charge in [0.15, 0.2) is 6.04 Å². The van der Waals surface area contributed by atoms with Gasteiger partial charge < -0.3 is 36.1 Å². The molecule has 1 aromatic rings. The molecule has 1 heterocycles. The van der Waals surface area contributed by atoms with Crippen LogP contribution in [0.5, 0.6) is 0 Å². The van der Waals surface area contributed by atoms with Crippen LogP contribution in [0.4, 0.5) is 4.79 Å². The van der Waals surface area contributed by atoms with Crippen LogP contribution in [0.1, 0.15) is 24.7 Å². The summed E-state index contributed by atoms with van der Waals surface area (Å²) < 4.78 is 5.12. The van der Waals surface area contributed by atoms with E-state index in [1.165, 1.54) is 6.92 Å². The first-order valence-electron chi connectivity index (χ1n) is 5.99. The Kier molecular flexibility index (Phi) is 6.02. The number of aliphatic hydroxyl groups excluding tert-OH is 2. The van der Waals surface area contributed by atoms with Gasteiger partial charge in [-0.3, -0.25) is 0 Å². The van der Waals surface area contributed by atoms with E-state index in [0.717, 1.165) is 0 Å². The van der Waals surface area contributed by atoms with E-state index in [0.29, 0.717) is 0 Å². The lowest BCUT2D eigenvalue weighted by molar-refractivity contribution is -0.140. The van der Waals surface area contributed by atoms with Crippen LogP contribution < -0.4 is 16.4 Å². The minimum absolute atomic E-state index is 0.0148. The number of nitrogens with zero attached hydrogens (tertiary/aromatic N) is 2. The fourth-order valence-corrected chi connectivity index (χ4v) is 1.23. The normalized spacial score (nSPS) is 15.0. The molecule has 2 amide bonds. The van der Waals surface area contributed by atoms with Gasteiger partial charge in [-0.15, -0.1) is 10.2 Å². The minimum atomic E-state index is -1.41. The quantitative estimate of drug-likeness (QED) is 0.322. The number of aliphatic hydroxyl groups is 2. The maximum absolute atomic E-state index is 11.4. The average Bonchev–Trinajstić information content (AvgIpc) is 2.89. The van der Waals surface area contributed by atoms with Gasteiger partial charge in [-0.2, -0.15) is 0 Å². The second-order valence-electron chi connectivity index (χ2n) is 4.20. The minimum Gasteiger partial charge on any atom is -0.480 e. The van der Waals surface area contributed by atoms with Crippen LogP contribution in [0, 0.1) is 0 Å². The Morgan fingerprint density at radius 1 is 1.43 bits per heavy atom. The number of carbonyl (C=O) groups is 2. The number of rotatable bonds is 7. The largest absolute Gasteiger partial charge is 0.480 e. The van der Waals surface area contributed by atoms with E-state index in [1.807, 2.05) is 5.32 Å². The Bertz CT molecular complexity index is 490. The molecule has 0 saturated carbocycles. The first-order valence-corrected chi connectivity index (χ1v) is 5.99. The first-order chi connectivity index (χ1) is 9.85. The van der Waals surface area contributed by atoms with E-state index >= 15 is 0 Å². The van der Waals surface area contributed by atoms with Crippen LogP contribution >= 0.6 is 0 Å². The van der Waals surface area contributed by atoms with Crippen molar-refractivity contribution in [2.75, 3.05) is 6.61 Å². The fraction of sp³-hybridized carbons (Fsp3) is 0.600. The summed E-state index contributed by atoms with van der Waals surface area (Å²) in [5.74, 6) is -1.32. The number of carboxylic acids is 1. The highest BCUT2D eigenvalue weighted by atomic mass is 16.4. The maximum Gasteiger partial charge on any atom is 0.328 e. The van der Waals surface area contributed by atoms with Crippen molar-refractivity contribution in [1.82, 2.24) is 20.8 Å². The highest BCUT2D eigenvalue weighted by Crippen LogP contribution is 2.12. The van der Waals surface area contributed by atoms with Crippen LogP contribution in [-0.2, 0) is 11.3 Å². The van der Waals surface area contributed by atoms with Gasteiger partial charge >= 0.3 is 12.0 Å². The van der Waals surface area contributed by atoms with Crippen molar-refractivity contribution in [3.8, 4) is 0 Å². The van der Waals surface area contributed by atoms with E-state index in [4.69, 9.17) is 20.4 Å². The number of carboxylic acid groups (broad SMARTS) is 1. The van der Waals surface area contributed by atoms with Gasteiger partial charge in [-0.25, -0.2) is 9.59 Å². The molecule has 11 heteroatoms. The van der Waals surface area contributed by atoms with Gasteiger partial charge in [0.1, 0.15) is 6.04 Å². The SMILES string of the molecule is CC(O)C(N)c1nnc(CNC(=O)N[C@@H](CO)C(=O)O)o1. The summed E-state index contributed by atoms with van der Waals surface area (Å²) in [5.41, 5.74) is 5.59. The topological polar surface area (TPSA) is 184 Å². The molecule has 3 atom stereocenters. The van der Waals surface area contributed by atoms with Crippen LogP contribution in [0.2, 0.25) is 0 Å². The van der Waals surface area contributed by atoms with Gasteiger partial charge in [0.2, 0.25) is 11.8 Å². The van der Waals surface area contributed by atoms with Crippen molar-refractivity contribution in [2.45, 2.75) is 31.7 Å². The molecule has 0 aliphatic heterocycles. The number of urea groups is 1. The number of nitrogens with two attached hydrogens (primary N) is 1. The molecule has 11 nitrogen and oxygen atoms in total. The van der Waals surface area contributed by atoms with E-state index in [-0.39, 0.29) is 18.3 Å². The van der Waals surface area contributed by atoms with Gasteiger partial charge in [0, 0.05) is 0 Å². The fourth-order valence-electron chi connectivity index (χ4n) is 1.23. The molecule has 0 saturated heterocycles. The molecular weight excluding hydrogens is 286 g/mol. The van der Waals surface area contributed by atoms with Gasteiger partial charge in [0.05, 0.1) is 19.3 Å². The molecule has 2 unspecified atom stereocenters. The third kappa shape index (κ3) is 4.98. The average molecular weight is 303 g/mol. The lowest BCUT2D eigenvalue weighted by Crippen LogP contribution is -2.47. The number of carbonyl (C=O) groups excluding carboxylic acids is 1. The Hall–Kier alpha value is -2.24. The van der Waals surface area contributed by atoms with Crippen molar-refractivity contribution >= 4 is 12.0 Å². The van der Waals surface area contributed by atoms with Gasteiger partial charge in [-0.05, 0) is 6.92 Å². The summed E-state index contributed by atoms with van der Waals surface area (Å²) in [6.45, 7) is 0.557. The number of amides is 2. The molecule has 0 aromatic carbocycles. The van der Waals surface area contributed by atoms with Crippen molar-refractivity contribution in [3.63, 3.8) is 0 Å². The van der Waals surface area contributed by atoms with E-state index in [1.54, 1.807) is 0 Å². The molecule has 0 aliphatic carbocycles. The third-order valence-electron chi connectivity index (χ3n) is 2.47. The summed E-state index contributed by atoms with van der Waals surface area (Å²) >= 11 is 0. The zero-order valence-electron chi connectivity index (χ0n) is 11.2. The number of hydrogen-bond donors (Lipinski definition) is 6. The molecule has 118 valence electrons. The molecule has 0 spiro atoms. The smallest absolute Gasteiger partial charge is 0.328 e. The van der Waals surface area contributed by atoms with E-state index in [2.05, 4.69) is 15.5 Å². The Labute approximate surface area is 119 Å². The van der Waals surface area contributed by atoms with Crippen molar-refractivity contribution in [2.24, 2.45) is 5.73 Å². The summed E-state index contributed by atoms with van der Waals surface area (Å²) in [6, 6.07) is -3.08. The lowest BCUT2D eigenvalue weighted by Gasteiger charge is -2.11. The second kappa shape index (κ2) is 7.52. The summed E-state index contributed by atoms with van der Waals surface area (Å²) in [4.78, 5) is 22.0. The van der Waals surface area contributed by atoms with E-state index in [9.17, 15) is 14.7 Å². The number of aromatic nitrogens is 2. The lowest BCUT2D eigenvalue weighted by atomic mass is 10.2. The summed E-state index contributed by atoms with van der Waals surface area (Å²) in [6.07, 6.45) is -0.879. The zero-order valence-corrected chi connectivity index (χ0v) is 11.2. The Morgan fingerprint density at radius 3 is 2.62 bits per heavy atom. The summed E-state index contributed by atoms with van der Waals surface area (Å²) in [7, 11) is 0. The molecule has 0 aliphatic rings. The predicted octanol–water partition coefficient (Wildman–Crippen LogP) is -2.31. The van der Waals surface area contributed by atoms with Gasteiger partial charge in [-0.1, -0.05) is 0 Å². The molecule has 0 fully saturated rings. The molecule has 7 N–H and O–H groups in total. The zero-order chi connectivity index (χ0) is 16.0. The van der Waals surface area contributed by atoms with Gasteiger partial charge in [0.25, 0.3) is 0 Å².